The quantitative estimate of drug-likeness (QED) is 0.397. The van der Waals surface area contributed by atoms with Crippen LogP contribution in [-0.4, -0.2) is 10.2 Å². The number of alkyl halides is 2. The molecule has 0 heterocycles. The molecule has 0 saturated heterocycles. The summed E-state index contributed by atoms with van der Waals surface area (Å²) >= 11 is 9.10. The van der Waals surface area contributed by atoms with E-state index >= 15 is 0 Å². The smallest absolute Gasteiger partial charge is 0.0530 e. The molecule has 0 aliphatic heterocycles. The van der Waals surface area contributed by atoms with E-state index < -0.39 is 0 Å². The second-order valence-corrected chi connectivity index (χ2v) is 3.39. The van der Waals surface area contributed by atoms with Crippen LogP contribution in [0.1, 0.15) is 6.42 Å². The molecule has 2 unspecified atom stereocenters. The summed E-state index contributed by atoms with van der Waals surface area (Å²) in [5.41, 5.74) is 0. The van der Waals surface area contributed by atoms with Gasteiger partial charge in [0, 0.05) is 4.83 Å². The molecule has 0 aromatic carbocycles. The first-order valence-corrected chi connectivity index (χ1v) is 3.61. The van der Waals surface area contributed by atoms with E-state index in [9.17, 15) is 0 Å². The lowest BCUT2D eigenvalue weighted by atomic mass is 10.4. The van der Waals surface area contributed by atoms with Crippen LogP contribution >= 0.6 is 27.5 Å². The fraction of sp³-hybridized carbons (Fsp3) is 0.600. The van der Waals surface area contributed by atoms with Crippen molar-refractivity contribution in [2.24, 2.45) is 0 Å². The summed E-state index contributed by atoms with van der Waals surface area (Å²) in [5, 5.41) is 0.268. The zero-order valence-electron chi connectivity index (χ0n) is 3.77. The zero-order valence-corrected chi connectivity index (χ0v) is 6.11. The van der Waals surface area contributed by atoms with Crippen molar-refractivity contribution in [2.75, 3.05) is 0 Å². The molecule has 0 aromatic heterocycles. The summed E-state index contributed by atoms with van der Waals surface area (Å²) in [6, 6.07) is 0. The number of hydrogen-bond acceptors (Lipinski definition) is 0. The lowest BCUT2D eigenvalue weighted by molar-refractivity contribution is 0.962. The van der Waals surface area contributed by atoms with Crippen LogP contribution in [-0.2, 0) is 0 Å². The lowest BCUT2D eigenvalue weighted by Crippen LogP contribution is -1.91. The van der Waals surface area contributed by atoms with Crippen molar-refractivity contribution in [3.63, 3.8) is 0 Å². The molecule has 40 valence electrons. The van der Waals surface area contributed by atoms with Gasteiger partial charge in [-0.3, -0.25) is 0 Å². The Bertz CT molecular complexity index is 80.1. The third-order valence-electron chi connectivity index (χ3n) is 0.979. The Morgan fingerprint density at radius 2 is 2.29 bits per heavy atom. The van der Waals surface area contributed by atoms with Crippen LogP contribution in [0.15, 0.2) is 12.2 Å². The molecule has 0 radical (unpaired) electrons. The summed E-state index contributed by atoms with van der Waals surface area (Å²) in [5.74, 6) is 0. The predicted molar refractivity (Wildman–Crippen MR) is 36.1 cm³/mol. The molecule has 7 heavy (non-hydrogen) atoms. The highest BCUT2D eigenvalue weighted by Crippen LogP contribution is 2.21. The van der Waals surface area contributed by atoms with Crippen LogP contribution in [0.2, 0.25) is 0 Å². The minimum Gasteiger partial charge on any atom is -0.118 e. The summed E-state index contributed by atoms with van der Waals surface area (Å²) < 4.78 is 0. The molecule has 0 saturated carbocycles. The van der Waals surface area contributed by atoms with Crippen LogP contribution in [0.5, 0.6) is 0 Å². The van der Waals surface area contributed by atoms with E-state index in [0.717, 1.165) is 6.42 Å². The normalized spacial score (nSPS) is 39.7. The van der Waals surface area contributed by atoms with E-state index in [4.69, 9.17) is 11.6 Å². The van der Waals surface area contributed by atoms with Crippen molar-refractivity contribution in [2.45, 2.75) is 16.6 Å². The molecular formula is C5H6BrCl. The Kier molecular flexibility index (Phi) is 1.76. The van der Waals surface area contributed by atoms with Crippen molar-refractivity contribution in [3.05, 3.63) is 12.2 Å². The highest BCUT2D eigenvalue weighted by Gasteiger charge is 2.12. The molecule has 0 amide bonds. The Hall–Kier alpha value is 0.510. The fourth-order valence-corrected chi connectivity index (χ4v) is 1.68. The zero-order chi connectivity index (χ0) is 5.28. The van der Waals surface area contributed by atoms with Gasteiger partial charge in [-0.05, 0) is 6.42 Å². The second-order valence-electron chi connectivity index (χ2n) is 1.65. The number of hydrogen-bond donors (Lipinski definition) is 0. The van der Waals surface area contributed by atoms with Crippen molar-refractivity contribution in [1.82, 2.24) is 0 Å². The lowest BCUT2D eigenvalue weighted by Gasteiger charge is -1.93. The van der Waals surface area contributed by atoms with Crippen LogP contribution in [0, 0.1) is 0 Å². The molecule has 2 atom stereocenters. The first-order valence-electron chi connectivity index (χ1n) is 2.25. The van der Waals surface area contributed by atoms with E-state index in [-0.39, 0.29) is 5.38 Å². The first kappa shape index (κ1) is 5.64. The number of allylic oxidation sites excluding steroid dienone is 2. The second kappa shape index (κ2) is 2.19. The van der Waals surface area contributed by atoms with Gasteiger partial charge in [0.05, 0.1) is 5.38 Å². The van der Waals surface area contributed by atoms with Gasteiger partial charge in [-0.2, -0.15) is 0 Å². The molecule has 1 rings (SSSR count). The predicted octanol–water partition coefficient (Wildman–Crippen LogP) is 2.32. The molecule has 0 spiro atoms. The van der Waals surface area contributed by atoms with Gasteiger partial charge in [-0.25, -0.2) is 0 Å². The highest BCUT2D eigenvalue weighted by molar-refractivity contribution is 9.09. The Morgan fingerprint density at radius 3 is 2.43 bits per heavy atom. The standard InChI is InChI=1S/C5H6BrCl/c6-4-1-2-5(7)3-4/h1-2,4-5H,3H2. The van der Waals surface area contributed by atoms with E-state index in [1.165, 1.54) is 0 Å². The average molecular weight is 181 g/mol. The van der Waals surface area contributed by atoms with Gasteiger partial charge in [0.15, 0.2) is 0 Å². The van der Waals surface area contributed by atoms with Crippen LogP contribution in [0.25, 0.3) is 0 Å². The third kappa shape index (κ3) is 1.46. The van der Waals surface area contributed by atoms with Crippen molar-refractivity contribution in [3.8, 4) is 0 Å². The van der Waals surface area contributed by atoms with Crippen LogP contribution in [0.4, 0.5) is 0 Å². The topological polar surface area (TPSA) is 0 Å². The van der Waals surface area contributed by atoms with Crippen molar-refractivity contribution in [1.29, 1.82) is 0 Å². The van der Waals surface area contributed by atoms with Crippen molar-refractivity contribution >= 4 is 27.5 Å². The molecule has 1 aliphatic rings. The maximum Gasteiger partial charge on any atom is 0.0530 e. The molecule has 2 heteroatoms. The largest absolute Gasteiger partial charge is 0.118 e. The summed E-state index contributed by atoms with van der Waals surface area (Å²) in [7, 11) is 0. The van der Waals surface area contributed by atoms with Gasteiger partial charge in [-0.15, -0.1) is 11.6 Å². The molecule has 0 fully saturated rings. The third-order valence-corrected chi connectivity index (χ3v) is 1.98. The highest BCUT2D eigenvalue weighted by atomic mass is 79.9. The first-order chi connectivity index (χ1) is 3.29. The van der Waals surface area contributed by atoms with Gasteiger partial charge in [-0.1, -0.05) is 28.1 Å². The Morgan fingerprint density at radius 1 is 1.57 bits per heavy atom. The average Bonchev–Trinajstić information content (AvgIpc) is 1.87. The summed E-state index contributed by atoms with van der Waals surface area (Å²) in [6.45, 7) is 0. The van der Waals surface area contributed by atoms with Crippen LogP contribution < -0.4 is 0 Å². The molecule has 0 bridgehead atoms. The van der Waals surface area contributed by atoms with E-state index in [1.807, 2.05) is 6.08 Å². The monoisotopic (exact) mass is 180 g/mol. The minimum atomic E-state index is 0.268. The molecule has 0 aromatic rings. The maximum atomic E-state index is 5.69. The van der Waals surface area contributed by atoms with Gasteiger partial charge in [0.25, 0.3) is 0 Å². The summed E-state index contributed by atoms with van der Waals surface area (Å²) in [4.78, 5) is 0.523. The van der Waals surface area contributed by atoms with Gasteiger partial charge >= 0.3 is 0 Å². The summed E-state index contributed by atoms with van der Waals surface area (Å²) in [6.07, 6.45) is 5.14. The van der Waals surface area contributed by atoms with E-state index in [0.29, 0.717) is 4.83 Å². The molecule has 1 aliphatic carbocycles. The van der Waals surface area contributed by atoms with Crippen molar-refractivity contribution < 1.29 is 0 Å². The van der Waals surface area contributed by atoms with Gasteiger partial charge < -0.3 is 0 Å². The molecular weight excluding hydrogens is 175 g/mol. The molecule has 0 nitrogen and oxygen atoms in total. The van der Waals surface area contributed by atoms with Gasteiger partial charge in [0.1, 0.15) is 0 Å². The number of rotatable bonds is 0. The van der Waals surface area contributed by atoms with E-state index in [2.05, 4.69) is 22.0 Å². The maximum absolute atomic E-state index is 5.69. The minimum absolute atomic E-state index is 0.268. The van der Waals surface area contributed by atoms with Crippen LogP contribution in [0.3, 0.4) is 0 Å². The number of halogens is 2. The fourth-order valence-electron chi connectivity index (χ4n) is 0.613. The molecule has 0 N–H and O–H groups in total. The van der Waals surface area contributed by atoms with E-state index in [1.54, 1.807) is 0 Å². The Balaban J connectivity index is 2.42. The Labute approximate surface area is 56.7 Å². The van der Waals surface area contributed by atoms with Gasteiger partial charge in [0.2, 0.25) is 0 Å². The SMILES string of the molecule is ClC1C=CC(Br)C1.